The SMILES string of the molecule is c1ccc2c(-c3noc(CCNC4CC4)n3)nccc2c1. The third-order valence-electron chi connectivity index (χ3n) is 3.70. The molecule has 0 radical (unpaired) electrons. The lowest BCUT2D eigenvalue weighted by Crippen LogP contribution is -2.19. The first kappa shape index (κ1) is 12.5. The van der Waals surface area contributed by atoms with E-state index < -0.39 is 0 Å². The summed E-state index contributed by atoms with van der Waals surface area (Å²) < 4.78 is 5.33. The summed E-state index contributed by atoms with van der Waals surface area (Å²) >= 11 is 0. The minimum absolute atomic E-state index is 0.563. The van der Waals surface area contributed by atoms with Gasteiger partial charge in [-0.3, -0.25) is 4.98 Å². The summed E-state index contributed by atoms with van der Waals surface area (Å²) in [6.07, 6.45) is 5.11. The number of nitrogens with zero attached hydrogens (tertiary/aromatic N) is 3. The van der Waals surface area contributed by atoms with Crippen LogP contribution in [0.1, 0.15) is 18.7 Å². The van der Waals surface area contributed by atoms with Crippen LogP contribution in [0.5, 0.6) is 0 Å². The molecule has 5 heteroatoms. The van der Waals surface area contributed by atoms with E-state index >= 15 is 0 Å². The second kappa shape index (κ2) is 5.26. The topological polar surface area (TPSA) is 63.8 Å². The van der Waals surface area contributed by atoms with Gasteiger partial charge in [0.25, 0.3) is 0 Å². The van der Waals surface area contributed by atoms with Gasteiger partial charge in [0.15, 0.2) is 0 Å². The molecule has 0 amide bonds. The van der Waals surface area contributed by atoms with Crippen LogP contribution in [0.3, 0.4) is 0 Å². The summed E-state index contributed by atoms with van der Waals surface area (Å²) in [4.78, 5) is 8.88. The Morgan fingerprint density at radius 3 is 3.00 bits per heavy atom. The van der Waals surface area contributed by atoms with Gasteiger partial charge in [-0.15, -0.1) is 0 Å². The lowest BCUT2D eigenvalue weighted by atomic mass is 10.1. The Morgan fingerprint density at radius 2 is 2.10 bits per heavy atom. The number of nitrogens with one attached hydrogen (secondary N) is 1. The normalized spacial score (nSPS) is 14.7. The first-order valence-corrected chi connectivity index (χ1v) is 7.30. The maximum atomic E-state index is 5.33. The van der Waals surface area contributed by atoms with Gasteiger partial charge in [0.2, 0.25) is 11.7 Å². The molecule has 1 saturated carbocycles. The zero-order chi connectivity index (χ0) is 14.1. The fourth-order valence-electron chi connectivity index (χ4n) is 2.42. The molecule has 106 valence electrons. The third-order valence-corrected chi connectivity index (χ3v) is 3.70. The van der Waals surface area contributed by atoms with Crippen molar-refractivity contribution in [3.05, 3.63) is 42.4 Å². The maximum absolute atomic E-state index is 5.33. The summed E-state index contributed by atoms with van der Waals surface area (Å²) in [6.45, 7) is 0.884. The first-order chi connectivity index (χ1) is 10.4. The number of rotatable bonds is 5. The average molecular weight is 280 g/mol. The molecule has 2 aromatic heterocycles. The molecule has 1 aliphatic carbocycles. The largest absolute Gasteiger partial charge is 0.339 e. The second-order valence-electron chi connectivity index (χ2n) is 5.37. The number of fused-ring (bicyclic) bond motifs is 1. The van der Waals surface area contributed by atoms with E-state index in [0.29, 0.717) is 17.8 Å². The van der Waals surface area contributed by atoms with Crippen LogP contribution in [0, 0.1) is 0 Å². The van der Waals surface area contributed by atoms with Crippen LogP contribution >= 0.6 is 0 Å². The van der Waals surface area contributed by atoms with Crippen molar-refractivity contribution in [2.24, 2.45) is 0 Å². The molecule has 0 spiro atoms. The summed E-state index contributed by atoms with van der Waals surface area (Å²) in [6, 6.07) is 10.8. The minimum atomic E-state index is 0.563. The lowest BCUT2D eigenvalue weighted by molar-refractivity contribution is 0.376. The number of benzene rings is 1. The van der Waals surface area contributed by atoms with Crippen LogP contribution in [-0.4, -0.2) is 27.7 Å². The molecule has 0 bridgehead atoms. The van der Waals surface area contributed by atoms with Crippen molar-refractivity contribution in [3.63, 3.8) is 0 Å². The van der Waals surface area contributed by atoms with Crippen LogP contribution in [0.4, 0.5) is 0 Å². The zero-order valence-corrected chi connectivity index (χ0v) is 11.6. The molecule has 0 saturated heterocycles. The molecule has 3 aromatic rings. The lowest BCUT2D eigenvalue weighted by Gasteiger charge is -2.00. The summed E-state index contributed by atoms with van der Waals surface area (Å²) in [5.74, 6) is 1.22. The fourth-order valence-corrected chi connectivity index (χ4v) is 2.42. The van der Waals surface area contributed by atoms with Gasteiger partial charge in [-0.25, -0.2) is 0 Å². The van der Waals surface area contributed by atoms with Crippen molar-refractivity contribution in [1.82, 2.24) is 20.4 Å². The first-order valence-electron chi connectivity index (χ1n) is 7.30. The number of aromatic nitrogens is 3. The van der Waals surface area contributed by atoms with E-state index in [1.807, 2.05) is 24.3 Å². The van der Waals surface area contributed by atoms with Crippen LogP contribution < -0.4 is 5.32 Å². The molecule has 1 N–H and O–H groups in total. The Balaban J connectivity index is 1.58. The second-order valence-corrected chi connectivity index (χ2v) is 5.37. The Morgan fingerprint density at radius 1 is 1.19 bits per heavy atom. The third kappa shape index (κ3) is 2.64. The molecule has 0 unspecified atom stereocenters. The van der Waals surface area contributed by atoms with Gasteiger partial charge in [-0.1, -0.05) is 29.4 Å². The molecule has 2 heterocycles. The fraction of sp³-hybridized carbons (Fsp3) is 0.312. The molecule has 1 aromatic carbocycles. The molecule has 21 heavy (non-hydrogen) atoms. The van der Waals surface area contributed by atoms with E-state index in [2.05, 4.69) is 26.5 Å². The molecule has 4 rings (SSSR count). The van der Waals surface area contributed by atoms with E-state index in [9.17, 15) is 0 Å². The van der Waals surface area contributed by atoms with E-state index in [1.165, 1.54) is 12.8 Å². The minimum Gasteiger partial charge on any atom is -0.339 e. The van der Waals surface area contributed by atoms with Crippen LogP contribution in [-0.2, 0) is 6.42 Å². The highest BCUT2D eigenvalue weighted by Crippen LogP contribution is 2.24. The summed E-state index contributed by atoms with van der Waals surface area (Å²) in [5, 5.41) is 9.69. The highest BCUT2D eigenvalue weighted by molar-refractivity contribution is 5.92. The summed E-state index contributed by atoms with van der Waals surface area (Å²) in [7, 11) is 0. The van der Waals surface area contributed by atoms with Gasteiger partial charge < -0.3 is 9.84 Å². The summed E-state index contributed by atoms with van der Waals surface area (Å²) in [5.41, 5.74) is 0.776. The quantitative estimate of drug-likeness (QED) is 0.778. The van der Waals surface area contributed by atoms with Gasteiger partial charge in [-0.2, -0.15) is 4.98 Å². The highest BCUT2D eigenvalue weighted by atomic mass is 16.5. The Labute approximate surface area is 122 Å². The molecule has 5 nitrogen and oxygen atoms in total. The molecule has 1 fully saturated rings. The zero-order valence-electron chi connectivity index (χ0n) is 11.6. The van der Waals surface area contributed by atoms with E-state index in [-0.39, 0.29) is 0 Å². The van der Waals surface area contributed by atoms with Gasteiger partial charge in [0.05, 0.1) is 0 Å². The smallest absolute Gasteiger partial charge is 0.228 e. The van der Waals surface area contributed by atoms with Gasteiger partial charge in [-0.05, 0) is 24.3 Å². The van der Waals surface area contributed by atoms with Crippen molar-refractivity contribution < 1.29 is 4.52 Å². The van der Waals surface area contributed by atoms with Crippen molar-refractivity contribution in [2.45, 2.75) is 25.3 Å². The van der Waals surface area contributed by atoms with Crippen molar-refractivity contribution in [2.75, 3.05) is 6.54 Å². The molecule has 0 aliphatic heterocycles. The molecule has 0 atom stereocenters. The van der Waals surface area contributed by atoms with Crippen molar-refractivity contribution in [1.29, 1.82) is 0 Å². The molecular weight excluding hydrogens is 264 g/mol. The van der Waals surface area contributed by atoms with Crippen molar-refractivity contribution in [3.8, 4) is 11.5 Å². The number of hydrogen-bond acceptors (Lipinski definition) is 5. The average Bonchev–Trinajstić information content (AvgIpc) is 3.23. The van der Waals surface area contributed by atoms with Gasteiger partial charge in [0, 0.05) is 30.6 Å². The number of pyridine rings is 1. The Hall–Kier alpha value is -2.27. The van der Waals surface area contributed by atoms with E-state index in [4.69, 9.17) is 4.52 Å². The van der Waals surface area contributed by atoms with Gasteiger partial charge >= 0.3 is 0 Å². The van der Waals surface area contributed by atoms with Crippen LogP contribution in [0.2, 0.25) is 0 Å². The van der Waals surface area contributed by atoms with Crippen LogP contribution in [0.25, 0.3) is 22.3 Å². The van der Waals surface area contributed by atoms with Crippen molar-refractivity contribution >= 4 is 10.8 Å². The van der Waals surface area contributed by atoms with Crippen LogP contribution in [0.15, 0.2) is 41.1 Å². The highest BCUT2D eigenvalue weighted by Gasteiger charge is 2.20. The number of hydrogen-bond donors (Lipinski definition) is 1. The maximum Gasteiger partial charge on any atom is 0.228 e. The Bertz CT molecular complexity index is 758. The molecule has 1 aliphatic rings. The van der Waals surface area contributed by atoms with E-state index in [1.54, 1.807) is 6.20 Å². The Kier molecular flexibility index (Phi) is 3.12. The predicted molar refractivity (Wildman–Crippen MR) is 79.8 cm³/mol. The predicted octanol–water partition coefficient (Wildman–Crippen LogP) is 2.58. The van der Waals surface area contributed by atoms with E-state index in [0.717, 1.165) is 29.4 Å². The van der Waals surface area contributed by atoms with Gasteiger partial charge in [0.1, 0.15) is 5.69 Å². The molecular formula is C16H16N4O. The standard InChI is InChI=1S/C16H16N4O/c1-2-4-13-11(3-1)7-9-18-15(13)16-19-14(21-20-16)8-10-17-12-5-6-12/h1-4,7,9,12,17H,5-6,8,10H2. The monoisotopic (exact) mass is 280 g/mol.